The number of nitrogen functional groups attached to an aromatic ring is 1. The van der Waals surface area contributed by atoms with Crippen LogP contribution in [-0.4, -0.2) is 27.8 Å². The number of fused-ring (bicyclic) bond motifs is 1. The van der Waals surface area contributed by atoms with Gasteiger partial charge in [-0.2, -0.15) is 5.10 Å². The van der Waals surface area contributed by atoms with Gasteiger partial charge in [-0.25, -0.2) is 9.67 Å². The first-order chi connectivity index (χ1) is 12.3. The maximum Gasteiger partial charge on any atom is 0.269 e. The molecule has 2 heterocycles. The van der Waals surface area contributed by atoms with Gasteiger partial charge in [0, 0.05) is 12.1 Å². The van der Waals surface area contributed by atoms with E-state index in [9.17, 15) is 4.79 Å². The summed E-state index contributed by atoms with van der Waals surface area (Å²) in [5, 5.41) is 5.21. The van der Waals surface area contributed by atoms with E-state index in [1.54, 1.807) is 11.8 Å². The molecule has 0 saturated heterocycles. The molecule has 7 nitrogen and oxygen atoms in total. The number of halogens is 1. The number of hydrogen-bond donors (Lipinski definition) is 2. The van der Waals surface area contributed by atoms with E-state index in [0.29, 0.717) is 22.4 Å². The SMILES string of the molecule is CCn1nc(Br)c2c(-c3c(C)ccc(OC)c3C)c(N)c(C(N)=O)nc21. The van der Waals surface area contributed by atoms with Crippen molar-refractivity contribution in [2.45, 2.75) is 27.3 Å². The maximum absolute atomic E-state index is 12.0. The number of hydrogen-bond acceptors (Lipinski definition) is 5. The molecule has 2 aromatic heterocycles. The molecule has 3 rings (SSSR count). The predicted molar refractivity (Wildman–Crippen MR) is 105 cm³/mol. The molecular formula is C18H20BrN5O2. The molecule has 0 spiro atoms. The molecule has 0 unspecified atom stereocenters. The van der Waals surface area contributed by atoms with Crippen LogP contribution in [0.3, 0.4) is 0 Å². The maximum atomic E-state index is 12.0. The molecule has 3 aromatic rings. The number of aryl methyl sites for hydroxylation is 2. The Kier molecular flexibility index (Phi) is 4.62. The number of aromatic nitrogens is 3. The number of nitrogens with two attached hydrogens (primary N) is 2. The van der Waals surface area contributed by atoms with Crippen LogP contribution in [0.25, 0.3) is 22.2 Å². The molecule has 0 saturated carbocycles. The quantitative estimate of drug-likeness (QED) is 0.677. The number of ether oxygens (including phenoxy) is 1. The van der Waals surface area contributed by atoms with Crippen molar-refractivity contribution in [3.8, 4) is 16.9 Å². The average Bonchev–Trinajstić information content (AvgIpc) is 2.92. The monoisotopic (exact) mass is 417 g/mol. The van der Waals surface area contributed by atoms with Crippen molar-refractivity contribution in [2.75, 3.05) is 12.8 Å². The highest BCUT2D eigenvalue weighted by atomic mass is 79.9. The Morgan fingerprint density at radius 1 is 1.31 bits per heavy atom. The van der Waals surface area contributed by atoms with Gasteiger partial charge in [-0.15, -0.1) is 0 Å². The number of nitrogens with zero attached hydrogens (tertiary/aromatic N) is 3. The Morgan fingerprint density at radius 2 is 2.00 bits per heavy atom. The van der Waals surface area contributed by atoms with Crippen molar-refractivity contribution < 1.29 is 9.53 Å². The summed E-state index contributed by atoms with van der Waals surface area (Å²) in [7, 11) is 1.62. The molecule has 136 valence electrons. The number of anilines is 1. The fourth-order valence-electron chi connectivity index (χ4n) is 3.27. The molecule has 0 aliphatic rings. The lowest BCUT2D eigenvalue weighted by atomic mass is 9.92. The molecule has 0 bridgehead atoms. The zero-order valence-corrected chi connectivity index (χ0v) is 16.6. The number of benzene rings is 1. The molecule has 0 radical (unpaired) electrons. The second kappa shape index (κ2) is 6.60. The number of carbonyl (C=O) groups excluding carboxylic acids is 1. The normalized spacial score (nSPS) is 11.1. The Bertz CT molecular complexity index is 1040. The molecule has 26 heavy (non-hydrogen) atoms. The molecule has 1 amide bonds. The number of pyridine rings is 1. The van der Waals surface area contributed by atoms with Gasteiger partial charge < -0.3 is 16.2 Å². The summed E-state index contributed by atoms with van der Waals surface area (Å²) >= 11 is 3.51. The first kappa shape index (κ1) is 18.2. The third kappa shape index (κ3) is 2.61. The Labute approximate surface area is 159 Å². The van der Waals surface area contributed by atoms with Crippen LogP contribution in [0, 0.1) is 13.8 Å². The lowest BCUT2D eigenvalue weighted by Gasteiger charge is -2.17. The van der Waals surface area contributed by atoms with Crippen LogP contribution < -0.4 is 16.2 Å². The molecule has 0 aliphatic heterocycles. The highest BCUT2D eigenvalue weighted by molar-refractivity contribution is 9.10. The van der Waals surface area contributed by atoms with Crippen LogP contribution in [0.4, 0.5) is 5.69 Å². The first-order valence-corrected chi connectivity index (χ1v) is 8.90. The minimum Gasteiger partial charge on any atom is -0.496 e. The summed E-state index contributed by atoms with van der Waals surface area (Å²) in [6.07, 6.45) is 0. The van der Waals surface area contributed by atoms with Crippen LogP contribution in [0.5, 0.6) is 5.75 Å². The third-order valence-corrected chi connectivity index (χ3v) is 5.06. The molecule has 1 aromatic carbocycles. The molecule has 8 heteroatoms. The van der Waals surface area contributed by atoms with E-state index >= 15 is 0 Å². The largest absolute Gasteiger partial charge is 0.496 e. The van der Waals surface area contributed by atoms with E-state index in [4.69, 9.17) is 16.2 Å². The summed E-state index contributed by atoms with van der Waals surface area (Å²) in [5.74, 6) is 0.0541. The number of amides is 1. The van der Waals surface area contributed by atoms with E-state index in [1.807, 2.05) is 32.9 Å². The molecular weight excluding hydrogens is 398 g/mol. The lowest BCUT2D eigenvalue weighted by molar-refractivity contribution is 0.0997. The van der Waals surface area contributed by atoms with Gasteiger partial charge in [-0.1, -0.05) is 6.07 Å². The standard InChI is InChI=1S/C18H20BrN5O2/c1-5-24-18-13(16(19)23-24)12(14(20)15(22-18)17(21)25)11-8(2)6-7-10(26-4)9(11)3/h6-7H,5,20H2,1-4H3,(H2,21,25). The number of rotatable bonds is 4. The smallest absolute Gasteiger partial charge is 0.269 e. The number of carbonyl (C=O) groups is 1. The van der Waals surface area contributed by atoms with Crippen molar-refractivity contribution in [2.24, 2.45) is 5.73 Å². The van der Waals surface area contributed by atoms with Gasteiger partial charge in [-0.3, -0.25) is 4.79 Å². The van der Waals surface area contributed by atoms with Crippen molar-refractivity contribution >= 4 is 38.6 Å². The van der Waals surface area contributed by atoms with Gasteiger partial charge in [0.05, 0.1) is 18.2 Å². The van der Waals surface area contributed by atoms with Crippen LogP contribution in [0.15, 0.2) is 16.7 Å². The molecule has 0 atom stereocenters. The topological polar surface area (TPSA) is 109 Å². The average molecular weight is 418 g/mol. The first-order valence-electron chi connectivity index (χ1n) is 8.11. The van der Waals surface area contributed by atoms with Gasteiger partial charge in [0.25, 0.3) is 5.91 Å². The molecule has 0 aliphatic carbocycles. The van der Waals surface area contributed by atoms with Crippen LogP contribution in [0.2, 0.25) is 0 Å². The second-order valence-corrected chi connectivity index (χ2v) is 6.75. The van der Waals surface area contributed by atoms with Crippen LogP contribution in [0.1, 0.15) is 28.5 Å². The highest BCUT2D eigenvalue weighted by Gasteiger charge is 2.25. The van der Waals surface area contributed by atoms with Crippen molar-refractivity contribution in [3.05, 3.63) is 33.6 Å². The number of methoxy groups -OCH3 is 1. The van der Waals surface area contributed by atoms with E-state index in [-0.39, 0.29) is 11.4 Å². The summed E-state index contributed by atoms with van der Waals surface area (Å²) in [6.45, 7) is 6.47. The zero-order valence-electron chi connectivity index (χ0n) is 15.1. The summed E-state index contributed by atoms with van der Waals surface area (Å²) in [5.41, 5.74) is 16.2. The predicted octanol–water partition coefficient (Wildman–Crippen LogP) is 3.19. The van der Waals surface area contributed by atoms with Gasteiger partial charge in [0.15, 0.2) is 11.3 Å². The van der Waals surface area contributed by atoms with E-state index in [0.717, 1.165) is 27.8 Å². The van der Waals surface area contributed by atoms with E-state index in [1.165, 1.54) is 0 Å². The molecule has 4 N–H and O–H groups in total. The zero-order chi connectivity index (χ0) is 19.2. The minimum atomic E-state index is -0.677. The summed E-state index contributed by atoms with van der Waals surface area (Å²) in [4.78, 5) is 16.4. The van der Waals surface area contributed by atoms with Crippen molar-refractivity contribution in [1.82, 2.24) is 14.8 Å². The summed E-state index contributed by atoms with van der Waals surface area (Å²) in [6, 6.07) is 3.86. The second-order valence-electron chi connectivity index (χ2n) is 6.00. The van der Waals surface area contributed by atoms with Gasteiger partial charge >= 0.3 is 0 Å². The van der Waals surface area contributed by atoms with Gasteiger partial charge in [0.1, 0.15) is 10.4 Å². The lowest BCUT2D eigenvalue weighted by Crippen LogP contribution is -2.17. The third-order valence-electron chi connectivity index (χ3n) is 4.50. The summed E-state index contributed by atoms with van der Waals surface area (Å²) < 4.78 is 7.79. The fraction of sp³-hybridized carbons (Fsp3) is 0.278. The van der Waals surface area contributed by atoms with Gasteiger partial charge in [-0.05, 0) is 59.5 Å². The number of primary amides is 1. The minimum absolute atomic E-state index is 0.0382. The highest BCUT2D eigenvalue weighted by Crippen LogP contribution is 2.43. The van der Waals surface area contributed by atoms with Gasteiger partial charge in [0.2, 0.25) is 0 Å². The molecule has 0 fully saturated rings. The van der Waals surface area contributed by atoms with Crippen LogP contribution in [-0.2, 0) is 6.54 Å². The Hall–Kier alpha value is -2.61. The van der Waals surface area contributed by atoms with Crippen molar-refractivity contribution in [3.63, 3.8) is 0 Å². The fourth-order valence-corrected chi connectivity index (χ4v) is 3.84. The van der Waals surface area contributed by atoms with Crippen molar-refractivity contribution in [1.29, 1.82) is 0 Å². The van der Waals surface area contributed by atoms with E-state index < -0.39 is 5.91 Å². The van der Waals surface area contributed by atoms with E-state index in [2.05, 4.69) is 26.0 Å². The Balaban J connectivity index is 2.56. The Morgan fingerprint density at radius 3 is 2.58 bits per heavy atom. The van der Waals surface area contributed by atoms with Crippen LogP contribution >= 0.6 is 15.9 Å².